The molecule has 0 bridgehead atoms. The van der Waals surface area contributed by atoms with E-state index in [0.29, 0.717) is 6.61 Å². The summed E-state index contributed by atoms with van der Waals surface area (Å²) in [5.74, 6) is 1.69. The Morgan fingerprint density at radius 1 is 0.909 bits per heavy atom. The molecule has 0 fully saturated rings. The monoisotopic (exact) mass is 289 g/mol. The second kappa shape index (κ2) is 5.48. The van der Waals surface area contributed by atoms with Gasteiger partial charge in [0.05, 0.1) is 24.1 Å². The van der Waals surface area contributed by atoms with E-state index in [9.17, 15) is 0 Å². The van der Waals surface area contributed by atoms with Gasteiger partial charge in [-0.3, -0.25) is 4.98 Å². The second-order valence-electron chi connectivity index (χ2n) is 5.20. The summed E-state index contributed by atoms with van der Waals surface area (Å²) in [6, 6.07) is 18.2. The highest BCUT2D eigenvalue weighted by Crippen LogP contribution is 2.33. The van der Waals surface area contributed by atoms with Gasteiger partial charge in [-0.1, -0.05) is 48.5 Å². The molecule has 1 atom stereocenters. The zero-order chi connectivity index (χ0) is 14.8. The Morgan fingerprint density at radius 2 is 1.73 bits per heavy atom. The van der Waals surface area contributed by atoms with Crippen LogP contribution >= 0.6 is 0 Å². The molecule has 0 amide bonds. The fourth-order valence-electron chi connectivity index (χ4n) is 2.62. The predicted molar refractivity (Wildman–Crippen MR) is 85.8 cm³/mol. The lowest BCUT2D eigenvalue weighted by atomic mass is 10.1. The van der Waals surface area contributed by atoms with E-state index >= 15 is 0 Å². The third kappa shape index (κ3) is 2.39. The fraction of sp³-hybridized carbons (Fsp3) is 0.111. The highest BCUT2D eigenvalue weighted by molar-refractivity contribution is 5.58. The average Bonchev–Trinajstić information content (AvgIpc) is 3.00. The third-order valence-corrected chi connectivity index (χ3v) is 3.74. The van der Waals surface area contributed by atoms with Crippen LogP contribution in [0.2, 0.25) is 0 Å². The van der Waals surface area contributed by atoms with Gasteiger partial charge in [0.1, 0.15) is 18.2 Å². The number of hydrogen-bond acceptors (Lipinski definition) is 4. The number of fused-ring (bicyclic) bond motifs is 1. The Morgan fingerprint density at radius 3 is 2.55 bits per heavy atom. The first-order valence-electron chi connectivity index (χ1n) is 7.26. The van der Waals surface area contributed by atoms with Gasteiger partial charge in [-0.25, -0.2) is 4.98 Å². The van der Waals surface area contributed by atoms with Gasteiger partial charge < -0.3 is 10.1 Å². The molecule has 0 spiro atoms. The van der Waals surface area contributed by atoms with Crippen LogP contribution in [0.4, 0.5) is 5.82 Å². The molecule has 0 aliphatic carbocycles. The molecule has 1 aliphatic rings. The number of nitrogens with one attached hydrogen (secondary N) is 1. The van der Waals surface area contributed by atoms with Gasteiger partial charge >= 0.3 is 0 Å². The molecule has 3 aromatic rings. The van der Waals surface area contributed by atoms with Crippen LogP contribution in [-0.2, 0) is 0 Å². The number of anilines is 1. The van der Waals surface area contributed by atoms with Crippen molar-refractivity contribution in [3.63, 3.8) is 0 Å². The van der Waals surface area contributed by atoms with Crippen molar-refractivity contribution in [2.75, 3.05) is 11.9 Å². The van der Waals surface area contributed by atoms with Gasteiger partial charge in [0.2, 0.25) is 0 Å². The minimum absolute atomic E-state index is 0.119. The smallest absolute Gasteiger partial charge is 0.145 e. The molecular formula is C18H15N3O. The van der Waals surface area contributed by atoms with Crippen molar-refractivity contribution in [3.05, 3.63) is 72.6 Å². The highest BCUT2D eigenvalue weighted by Gasteiger charge is 2.23. The van der Waals surface area contributed by atoms with Crippen molar-refractivity contribution in [1.82, 2.24) is 9.97 Å². The second-order valence-corrected chi connectivity index (χ2v) is 5.20. The number of ether oxygens (including phenoxy) is 1. The molecule has 1 aromatic heterocycles. The lowest BCUT2D eigenvalue weighted by molar-refractivity contribution is 0.339. The van der Waals surface area contributed by atoms with Gasteiger partial charge in [0.25, 0.3) is 0 Å². The molecular weight excluding hydrogens is 274 g/mol. The predicted octanol–water partition coefficient (Wildman–Crippen LogP) is 3.69. The summed E-state index contributed by atoms with van der Waals surface area (Å²) < 4.78 is 5.67. The molecule has 0 saturated carbocycles. The molecule has 108 valence electrons. The quantitative estimate of drug-likeness (QED) is 0.799. The van der Waals surface area contributed by atoms with Crippen molar-refractivity contribution in [1.29, 1.82) is 0 Å². The van der Waals surface area contributed by atoms with Crippen LogP contribution in [0.3, 0.4) is 0 Å². The number of hydrogen-bond donors (Lipinski definition) is 1. The summed E-state index contributed by atoms with van der Waals surface area (Å²) in [4.78, 5) is 8.94. The minimum atomic E-state index is 0.119. The Bertz CT molecular complexity index is 772. The highest BCUT2D eigenvalue weighted by atomic mass is 16.5. The molecule has 4 heteroatoms. The Balaban J connectivity index is 1.53. The van der Waals surface area contributed by atoms with Crippen LogP contribution in [0, 0.1) is 0 Å². The number of benzene rings is 2. The summed E-state index contributed by atoms with van der Waals surface area (Å²) in [7, 11) is 0. The zero-order valence-corrected chi connectivity index (χ0v) is 11.9. The molecule has 1 unspecified atom stereocenters. The maximum absolute atomic E-state index is 5.67. The fourth-order valence-corrected chi connectivity index (χ4v) is 2.62. The van der Waals surface area contributed by atoms with Crippen molar-refractivity contribution < 1.29 is 4.74 Å². The topological polar surface area (TPSA) is 47.0 Å². The Labute approximate surface area is 128 Å². The standard InChI is InChI=1S/C18H15N3O/c1-2-6-13(7-3-1)15-10-20-18(11-19-15)21-16-12-22-17-9-5-4-8-14(16)17/h1-11,16H,12H2,(H,20,21). The van der Waals surface area contributed by atoms with E-state index < -0.39 is 0 Å². The summed E-state index contributed by atoms with van der Waals surface area (Å²) in [5, 5.41) is 3.38. The zero-order valence-electron chi connectivity index (χ0n) is 11.9. The molecule has 0 radical (unpaired) electrons. The molecule has 1 aliphatic heterocycles. The van der Waals surface area contributed by atoms with E-state index in [2.05, 4.69) is 21.4 Å². The Hall–Kier alpha value is -2.88. The minimum Gasteiger partial charge on any atom is -0.491 e. The van der Waals surface area contributed by atoms with Crippen LogP contribution in [0.25, 0.3) is 11.3 Å². The van der Waals surface area contributed by atoms with Gasteiger partial charge in [-0.05, 0) is 6.07 Å². The first kappa shape index (κ1) is 12.8. The molecule has 22 heavy (non-hydrogen) atoms. The van der Waals surface area contributed by atoms with Gasteiger partial charge in [0, 0.05) is 11.1 Å². The molecule has 4 nitrogen and oxygen atoms in total. The van der Waals surface area contributed by atoms with Crippen LogP contribution < -0.4 is 10.1 Å². The normalized spacial score (nSPS) is 15.9. The summed E-state index contributed by atoms with van der Waals surface area (Å²) in [6.07, 6.45) is 3.56. The van der Waals surface area contributed by atoms with Crippen LogP contribution in [-0.4, -0.2) is 16.6 Å². The molecule has 0 saturated heterocycles. The first-order chi connectivity index (χ1) is 10.9. The maximum Gasteiger partial charge on any atom is 0.145 e. The van der Waals surface area contributed by atoms with E-state index in [1.165, 1.54) is 0 Å². The van der Waals surface area contributed by atoms with Gasteiger partial charge in [0.15, 0.2) is 0 Å². The first-order valence-corrected chi connectivity index (χ1v) is 7.26. The van der Waals surface area contributed by atoms with E-state index in [-0.39, 0.29) is 6.04 Å². The molecule has 2 aromatic carbocycles. The van der Waals surface area contributed by atoms with E-state index in [1.54, 1.807) is 12.4 Å². The number of nitrogens with zero attached hydrogens (tertiary/aromatic N) is 2. The van der Waals surface area contributed by atoms with Crippen LogP contribution in [0.1, 0.15) is 11.6 Å². The molecule has 4 rings (SSSR count). The lowest BCUT2D eigenvalue weighted by Crippen LogP contribution is -2.13. The summed E-state index contributed by atoms with van der Waals surface area (Å²) in [5.41, 5.74) is 3.10. The number of aromatic nitrogens is 2. The van der Waals surface area contributed by atoms with E-state index in [1.807, 2.05) is 48.5 Å². The molecule has 2 heterocycles. The van der Waals surface area contributed by atoms with Gasteiger partial charge in [-0.15, -0.1) is 0 Å². The maximum atomic E-state index is 5.67. The molecule has 1 N–H and O–H groups in total. The van der Waals surface area contributed by atoms with Crippen LogP contribution in [0.15, 0.2) is 67.0 Å². The van der Waals surface area contributed by atoms with Crippen LogP contribution in [0.5, 0.6) is 5.75 Å². The number of para-hydroxylation sites is 1. The van der Waals surface area contributed by atoms with Crippen molar-refractivity contribution >= 4 is 5.82 Å². The van der Waals surface area contributed by atoms with Crippen molar-refractivity contribution in [2.24, 2.45) is 0 Å². The summed E-state index contributed by atoms with van der Waals surface area (Å²) in [6.45, 7) is 0.613. The van der Waals surface area contributed by atoms with E-state index in [4.69, 9.17) is 4.74 Å². The van der Waals surface area contributed by atoms with Crippen molar-refractivity contribution in [3.8, 4) is 17.0 Å². The lowest BCUT2D eigenvalue weighted by Gasteiger charge is -2.12. The SMILES string of the molecule is c1ccc(-c2cnc(NC3COc4ccccc43)cn2)cc1. The number of rotatable bonds is 3. The average molecular weight is 289 g/mol. The van der Waals surface area contributed by atoms with E-state index in [0.717, 1.165) is 28.4 Å². The van der Waals surface area contributed by atoms with Crippen molar-refractivity contribution in [2.45, 2.75) is 6.04 Å². The third-order valence-electron chi connectivity index (χ3n) is 3.74. The summed E-state index contributed by atoms with van der Waals surface area (Å²) >= 11 is 0. The van der Waals surface area contributed by atoms with Gasteiger partial charge in [-0.2, -0.15) is 0 Å². The largest absolute Gasteiger partial charge is 0.491 e. The Kier molecular flexibility index (Phi) is 3.20.